The highest BCUT2D eigenvalue weighted by atomic mass is 16.3. The quantitative estimate of drug-likeness (QED) is 0.627. The highest BCUT2D eigenvalue weighted by Crippen LogP contribution is 2.21. The maximum absolute atomic E-state index is 12.3. The Morgan fingerprint density at radius 1 is 1.17 bits per heavy atom. The van der Waals surface area contributed by atoms with Crippen molar-refractivity contribution in [3.8, 4) is 11.5 Å². The van der Waals surface area contributed by atoms with E-state index in [4.69, 9.17) is 4.42 Å². The van der Waals surface area contributed by atoms with Gasteiger partial charge in [-0.05, 0) is 30.3 Å². The number of para-hydroxylation sites is 1. The third kappa shape index (κ3) is 2.56. The zero-order chi connectivity index (χ0) is 16.5. The first-order chi connectivity index (χ1) is 11.7. The summed E-state index contributed by atoms with van der Waals surface area (Å²) >= 11 is 0. The van der Waals surface area contributed by atoms with Crippen LogP contribution < -0.4 is 5.32 Å². The number of hydrogen-bond donors (Lipinski definition) is 1. The SMILES string of the molecule is Cn1nc(NC(=O)Cn2ccc(-c3ccco3)n2)c2ccccc21. The molecule has 3 aromatic heterocycles. The molecule has 7 nitrogen and oxygen atoms in total. The number of anilines is 1. The fourth-order valence-corrected chi connectivity index (χ4v) is 2.63. The molecule has 1 N–H and O–H groups in total. The van der Waals surface area contributed by atoms with Gasteiger partial charge in [-0.3, -0.25) is 14.2 Å². The van der Waals surface area contributed by atoms with Crippen LogP contribution in [-0.2, 0) is 18.4 Å². The van der Waals surface area contributed by atoms with Crippen LogP contribution in [0, 0.1) is 0 Å². The van der Waals surface area contributed by atoms with Crippen LogP contribution in [0.25, 0.3) is 22.4 Å². The van der Waals surface area contributed by atoms with Gasteiger partial charge in [0.05, 0.1) is 11.8 Å². The molecule has 0 fully saturated rings. The molecule has 0 aliphatic carbocycles. The standard InChI is InChI=1S/C17H15N5O2/c1-21-14-6-3-2-5-12(14)17(20-21)18-16(23)11-22-9-8-13(19-22)15-7-4-10-24-15/h2-10H,11H2,1H3,(H,18,20,23). The molecule has 0 atom stereocenters. The van der Waals surface area contributed by atoms with Gasteiger partial charge in [-0.25, -0.2) is 0 Å². The van der Waals surface area contributed by atoms with Crippen molar-refractivity contribution in [3.05, 3.63) is 54.9 Å². The lowest BCUT2D eigenvalue weighted by molar-refractivity contribution is -0.116. The van der Waals surface area contributed by atoms with Gasteiger partial charge in [-0.1, -0.05) is 12.1 Å². The first-order valence-corrected chi connectivity index (χ1v) is 7.49. The highest BCUT2D eigenvalue weighted by Gasteiger charge is 2.12. The van der Waals surface area contributed by atoms with Gasteiger partial charge in [0.15, 0.2) is 11.6 Å². The number of hydrogen-bond acceptors (Lipinski definition) is 4. The van der Waals surface area contributed by atoms with Crippen LogP contribution in [0.1, 0.15) is 0 Å². The number of nitrogens with one attached hydrogen (secondary N) is 1. The number of aryl methyl sites for hydroxylation is 1. The predicted octanol–water partition coefficient (Wildman–Crippen LogP) is 2.67. The van der Waals surface area contributed by atoms with Crippen LogP contribution in [0.3, 0.4) is 0 Å². The lowest BCUT2D eigenvalue weighted by atomic mass is 10.2. The van der Waals surface area contributed by atoms with Gasteiger partial charge in [0.2, 0.25) is 5.91 Å². The van der Waals surface area contributed by atoms with Crippen LogP contribution in [0.15, 0.2) is 59.3 Å². The Bertz CT molecular complexity index is 997. The first kappa shape index (κ1) is 14.3. The molecule has 0 spiro atoms. The molecule has 1 amide bonds. The summed E-state index contributed by atoms with van der Waals surface area (Å²) < 4.78 is 8.61. The van der Waals surface area contributed by atoms with Crippen molar-refractivity contribution >= 4 is 22.6 Å². The van der Waals surface area contributed by atoms with Crippen molar-refractivity contribution in [1.29, 1.82) is 0 Å². The molecular weight excluding hydrogens is 306 g/mol. The number of nitrogens with zero attached hydrogens (tertiary/aromatic N) is 4. The van der Waals surface area contributed by atoms with E-state index >= 15 is 0 Å². The van der Waals surface area contributed by atoms with E-state index in [2.05, 4.69) is 15.5 Å². The second-order valence-electron chi connectivity index (χ2n) is 5.41. The average Bonchev–Trinajstić information content (AvgIpc) is 3.29. The van der Waals surface area contributed by atoms with Crippen molar-refractivity contribution in [2.45, 2.75) is 6.54 Å². The Labute approximate surface area is 137 Å². The third-order valence-corrected chi connectivity index (χ3v) is 3.74. The topological polar surface area (TPSA) is 77.9 Å². The summed E-state index contributed by atoms with van der Waals surface area (Å²) in [6.45, 7) is 0.103. The largest absolute Gasteiger partial charge is 0.463 e. The summed E-state index contributed by atoms with van der Waals surface area (Å²) in [6, 6.07) is 13.2. The normalized spacial score (nSPS) is 11.0. The first-order valence-electron chi connectivity index (χ1n) is 7.49. The minimum absolute atomic E-state index is 0.103. The Morgan fingerprint density at radius 2 is 2.04 bits per heavy atom. The van der Waals surface area contributed by atoms with E-state index in [-0.39, 0.29) is 12.5 Å². The number of amides is 1. The minimum Gasteiger partial charge on any atom is -0.463 e. The highest BCUT2D eigenvalue weighted by molar-refractivity contribution is 5.99. The molecule has 0 unspecified atom stereocenters. The zero-order valence-corrected chi connectivity index (χ0v) is 13.0. The number of fused-ring (bicyclic) bond motifs is 1. The smallest absolute Gasteiger partial charge is 0.247 e. The van der Waals surface area contributed by atoms with Crippen molar-refractivity contribution in [1.82, 2.24) is 19.6 Å². The lowest BCUT2D eigenvalue weighted by Crippen LogP contribution is -2.19. The molecule has 0 radical (unpaired) electrons. The van der Waals surface area contributed by atoms with Gasteiger partial charge in [0, 0.05) is 18.6 Å². The third-order valence-electron chi connectivity index (χ3n) is 3.74. The van der Waals surface area contributed by atoms with E-state index < -0.39 is 0 Å². The molecule has 0 bridgehead atoms. The molecule has 0 saturated heterocycles. The van der Waals surface area contributed by atoms with Gasteiger partial charge in [0.1, 0.15) is 12.2 Å². The summed E-state index contributed by atoms with van der Waals surface area (Å²) in [7, 11) is 1.85. The van der Waals surface area contributed by atoms with E-state index in [0.717, 1.165) is 10.9 Å². The van der Waals surface area contributed by atoms with Crippen LogP contribution in [-0.4, -0.2) is 25.5 Å². The molecule has 1 aromatic carbocycles. The summed E-state index contributed by atoms with van der Waals surface area (Å²) in [4.78, 5) is 12.3. The van der Waals surface area contributed by atoms with E-state index in [1.54, 1.807) is 27.9 Å². The molecule has 4 rings (SSSR count). The van der Waals surface area contributed by atoms with Crippen LogP contribution in [0.5, 0.6) is 0 Å². The predicted molar refractivity (Wildman–Crippen MR) is 89.3 cm³/mol. The van der Waals surface area contributed by atoms with Crippen LogP contribution in [0.2, 0.25) is 0 Å². The second kappa shape index (κ2) is 5.69. The van der Waals surface area contributed by atoms with Crippen molar-refractivity contribution in [3.63, 3.8) is 0 Å². The fourth-order valence-electron chi connectivity index (χ4n) is 2.63. The number of rotatable bonds is 4. The van der Waals surface area contributed by atoms with Crippen LogP contribution >= 0.6 is 0 Å². The molecule has 0 aliphatic heterocycles. The Balaban J connectivity index is 1.50. The van der Waals surface area contributed by atoms with E-state index in [1.807, 2.05) is 43.4 Å². The van der Waals surface area contributed by atoms with E-state index in [1.165, 1.54) is 0 Å². The summed E-state index contributed by atoms with van der Waals surface area (Å²) in [5.74, 6) is 1.04. The fraction of sp³-hybridized carbons (Fsp3) is 0.118. The Hall–Kier alpha value is -3.35. The average molecular weight is 321 g/mol. The monoisotopic (exact) mass is 321 g/mol. The number of furan rings is 1. The van der Waals surface area contributed by atoms with Crippen LogP contribution in [0.4, 0.5) is 5.82 Å². The number of aromatic nitrogens is 4. The van der Waals surface area contributed by atoms with Crippen molar-refractivity contribution in [2.75, 3.05) is 5.32 Å². The molecule has 4 aromatic rings. The lowest BCUT2D eigenvalue weighted by Gasteiger charge is -2.03. The van der Waals surface area contributed by atoms with Gasteiger partial charge >= 0.3 is 0 Å². The number of carbonyl (C=O) groups excluding carboxylic acids is 1. The van der Waals surface area contributed by atoms with Gasteiger partial charge in [-0.2, -0.15) is 10.2 Å². The molecule has 120 valence electrons. The van der Waals surface area contributed by atoms with Gasteiger partial charge in [0.25, 0.3) is 0 Å². The second-order valence-corrected chi connectivity index (χ2v) is 5.41. The number of carbonyl (C=O) groups is 1. The minimum atomic E-state index is -0.187. The number of benzene rings is 1. The molecule has 24 heavy (non-hydrogen) atoms. The molecule has 7 heteroatoms. The summed E-state index contributed by atoms with van der Waals surface area (Å²) in [6.07, 6.45) is 3.33. The van der Waals surface area contributed by atoms with Gasteiger partial charge in [-0.15, -0.1) is 0 Å². The zero-order valence-electron chi connectivity index (χ0n) is 13.0. The van der Waals surface area contributed by atoms with E-state index in [9.17, 15) is 4.79 Å². The summed E-state index contributed by atoms with van der Waals surface area (Å²) in [5.41, 5.74) is 1.66. The molecule has 0 aliphatic rings. The van der Waals surface area contributed by atoms with E-state index in [0.29, 0.717) is 17.3 Å². The molecule has 0 saturated carbocycles. The van der Waals surface area contributed by atoms with Crippen molar-refractivity contribution in [2.24, 2.45) is 7.05 Å². The maximum atomic E-state index is 12.3. The molecule has 3 heterocycles. The Morgan fingerprint density at radius 3 is 2.88 bits per heavy atom. The van der Waals surface area contributed by atoms with Crippen molar-refractivity contribution < 1.29 is 9.21 Å². The maximum Gasteiger partial charge on any atom is 0.247 e. The van der Waals surface area contributed by atoms with Gasteiger partial charge < -0.3 is 9.73 Å². The molecular formula is C17H15N5O2. The summed E-state index contributed by atoms with van der Waals surface area (Å²) in [5, 5.41) is 12.4. The Kier molecular flexibility index (Phi) is 3.38.